The van der Waals surface area contributed by atoms with Gasteiger partial charge in [-0.05, 0) is 37.8 Å². The number of hydrogen-bond donors (Lipinski definition) is 0. The van der Waals surface area contributed by atoms with Gasteiger partial charge in [-0.25, -0.2) is 4.98 Å². The summed E-state index contributed by atoms with van der Waals surface area (Å²) in [5.74, 6) is 2.57. The molecule has 0 amide bonds. The fourth-order valence-corrected chi connectivity index (χ4v) is 2.16. The van der Waals surface area contributed by atoms with E-state index < -0.39 is 0 Å². The third-order valence-corrected chi connectivity index (χ3v) is 3.20. The fraction of sp³-hybridized carbons (Fsp3) is 0.417. The highest BCUT2D eigenvalue weighted by Gasteiger charge is 2.38. The van der Waals surface area contributed by atoms with Gasteiger partial charge >= 0.3 is 0 Å². The largest absolute Gasteiger partial charge is 0.303 e. The number of carbonyl (C=O) groups excluding carboxylic acids is 1. The van der Waals surface area contributed by atoms with Gasteiger partial charge in [0.05, 0.1) is 6.20 Å². The molecule has 2 aromatic heterocycles. The van der Waals surface area contributed by atoms with E-state index in [0.29, 0.717) is 17.6 Å². The molecule has 0 radical (unpaired) electrons. The Bertz CT molecular complexity index is 606. The van der Waals surface area contributed by atoms with Crippen molar-refractivity contribution in [1.29, 1.82) is 0 Å². The molecule has 0 bridgehead atoms. The Balaban J connectivity index is 1.96. The van der Waals surface area contributed by atoms with Crippen LogP contribution in [-0.4, -0.2) is 31.2 Å². The normalized spacial score (nSPS) is 21.9. The zero-order chi connectivity index (χ0) is 12.7. The van der Waals surface area contributed by atoms with Crippen molar-refractivity contribution in [2.75, 3.05) is 0 Å². The Kier molecular flexibility index (Phi) is 2.43. The summed E-state index contributed by atoms with van der Waals surface area (Å²) in [7, 11) is 0. The van der Waals surface area contributed by atoms with Crippen LogP contribution in [0.4, 0.5) is 0 Å². The van der Waals surface area contributed by atoms with Crippen LogP contribution in [-0.2, 0) is 4.79 Å². The van der Waals surface area contributed by atoms with E-state index in [2.05, 4.69) is 20.3 Å². The van der Waals surface area contributed by atoms with Crippen molar-refractivity contribution >= 4 is 6.29 Å². The van der Waals surface area contributed by atoms with Crippen molar-refractivity contribution in [3.05, 3.63) is 29.5 Å². The molecule has 3 rings (SSSR count). The molecule has 0 spiro atoms. The van der Waals surface area contributed by atoms with E-state index in [1.54, 1.807) is 10.9 Å². The molecule has 1 aliphatic rings. The molecule has 1 aliphatic carbocycles. The van der Waals surface area contributed by atoms with E-state index >= 15 is 0 Å². The Morgan fingerprint density at radius 1 is 1.44 bits per heavy atom. The summed E-state index contributed by atoms with van der Waals surface area (Å²) in [5, 5.41) is 12.3. The molecule has 92 valence electrons. The van der Waals surface area contributed by atoms with Gasteiger partial charge in [0.1, 0.15) is 17.9 Å². The molecule has 6 heteroatoms. The van der Waals surface area contributed by atoms with Gasteiger partial charge in [-0.3, -0.25) is 0 Å². The third-order valence-electron chi connectivity index (χ3n) is 3.20. The van der Waals surface area contributed by atoms with E-state index in [9.17, 15) is 4.79 Å². The Morgan fingerprint density at radius 2 is 2.28 bits per heavy atom. The number of carbonyl (C=O) groups is 1. The molecular formula is C12H13N5O. The van der Waals surface area contributed by atoms with Gasteiger partial charge in [0.2, 0.25) is 0 Å². The minimum absolute atomic E-state index is 0.139. The standard InChI is InChI=1S/C12H13N5O/c1-7-14-8(2)17(16-7)12-4-9(5-13-15-12)11-3-10(11)6-18/h4-6,10-11H,3H2,1-2H3/t10-,11-/m1/s1. The molecule has 18 heavy (non-hydrogen) atoms. The van der Waals surface area contributed by atoms with Crippen LogP contribution in [0.2, 0.25) is 0 Å². The van der Waals surface area contributed by atoms with E-state index in [0.717, 1.165) is 24.1 Å². The second kappa shape index (κ2) is 3.97. The lowest BCUT2D eigenvalue weighted by molar-refractivity contribution is -0.108. The number of aldehydes is 1. The quantitative estimate of drug-likeness (QED) is 0.751. The fourth-order valence-electron chi connectivity index (χ4n) is 2.16. The van der Waals surface area contributed by atoms with Gasteiger partial charge < -0.3 is 4.79 Å². The van der Waals surface area contributed by atoms with Gasteiger partial charge in [0, 0.05) is 5.92 Å². The highest BCUT2D eigenvalue weighted by molar-refractivity contribution is 5.61. The average molecular weight is 243 g/mol. The van der Waals surface area contributed by atoms with Crippen molar-refractivity contribution in [3.63, 3.8) is 0 Å². The van der Waals surface area contributed by atoms with Crippen LogP contribution in [0.1, 0.15) is 29.6 Å². The monoisotopic (exact) mass is 243 g/mol. The number of aryl methyl sites for hydroxylation is 2. The minimum atomic E-state index is 0.139. The molecule has 2 aromatic rings. The summed E-state index contributed by atoms with van der Waals surface area (Å²) in [6, 6.07) is 1.93. The first kappa shape index (κ1) is 11.0. The predicted octanol–water partition coefficient (Wildman–Crippen LogP) is 0.977. The lowest BCUT2D eigenvalue weighted by atomic mass is 10.2. The Hall–Kier alpha value is -2.11. The smallest absolute Gasteiger partial charge is 0.178 e. The van der Waals surface area contributed by atoms with E-state index in [4.69, 9.17) is 0 Å². The zero-order valence-corrected chi connectivity index (χ0v) is 10.2. The van der Waals surface area contributed by atoms with Crippen molar-refractivity contribution in [3.8, 4) is 5.82 Å². The molecule has 0 unspecified atom stereocenters. The number of nitrogens with zero attached hydrogens (tertiary/aromatic N) is 5. The molecule has 1 fully saturated rings. The van der Waals surface area contributed by atoms with Crippen LogP contribution in [0.3, 0.4) is 0 Å². The summed E-state index contributed by atoms with van der Waals surface area (Å²) < 4.78 is 1.67. The van der Waals surface area contributed by atoms with Gasteiger partial charge in [-0.2, -0.15) is 9.78 Å². The lowest BCUT2D eigenvalue weighted by Crippen LogP contribution is -2.04. The summed E-state index contributed by atoms with van der Waals surface area (Å²) in [6.07, 6.45) is 3.64. The molecular weight excluding hydrogens is 230 g/mol. The van der Waals surface area contributed by atoms with Gasteiger partial charge in [-0.15, -0.1) is 10.2 Å². The molecule has 2 atom stereocenters. The summed E-state index contributed by atoms with van der Waals surface area (Å²) in [6.45, 7) is 3.71. The first-order valence-electron chi connectivity index (χ1n) is 5.87. The summed E-state index contributed by atoms with van der Waals surface area (Å²) in [4.78, 5) is 14.9. The van der Waals surface area contributed by atoms with Crippen molar-refractivity contribution < 1.29 is 4.79 Å². The van der Waals surface area contributed by atoms with Gasteiger partial charge in [0.15, 0.2) is 5.82 Å². The van der Waals surface area contributed by atoms with Gasteiger partial charge in [-0.1, -0.05) is 0 Å². The molecule has 0 saturated heterocycles. The van der Waals surface area contributed by atoms with E-state index in [1.807, 2.05) is 19.9 Å². The molecule has 1 saturated carbocycles. The van der Waals surface area contributed by atoms with Gasteiger partial charge in [0.25, 0.3) is 0 Å². The molecule has 0 aliphatic heterocycles. The highest BCUT2D eigenvalue weighted by Crippen LogP contribution is 2.45. The molecule has 0 N–H and O–H groups in total. The Labute approximate surface area is 104 Å². The van der Waals surface area contributed by atoms with E-state index in [-0.39, 0.29) is 5.92 Å². The van der Waals surface area contributed by atoms with Crippen molar-refractivity contribution in [2.45, 2.75) is 26.2 Å². The minimum Gasteiger partial charge on any atom is -0.303 e. The van der Waals surface area contributed by atoms with Crippen LogP contribution in [0, 0.1) is 19.8 Å². The van der Waals surface area contributed by atoms with Crippen LogP contribution in [0.5, 0.6) is 0 Å². The van der Waals surface area contributed by atoms with Crippen LogP contribution in [0.15, 0.2) is 12.3 Å². The third kappa shape index (κ3) is 1.79. The first-order valence-corrected chi connectivity index (χ1v) is 5.87. The second-order valence-electron chi connectivity index (χ2n) is 4.61. The van der Waals surface area contributed by atoms with Crippen LogP contribution < -0.4 is 0 Å². The maximum absolute atomic E-state index is 10.7. The number of rotatable bonds is 3. The maximum atomic E-state index is 10.7. The zero-order valence-electron chi connectivity index (χ0n) is 10.2. The first-order chi connectivity index (χ1) is 8.69. The highest BCUT2D eigenvalue weighted by atomic mass is 16.1. The SMILES string of the molecule is Cc1nc(C)n(-c2cc([C@H]3C[C@@H]3C=O)cnn2)n1. The average Bonchev–Trinajstić information content (AvgIpc) is 3.08. The van der Waals surface area contributed by atoms with Crippen LogP contribution >= 0.6 is 0 Å². The van der Waals surface area contributed by atoms with Crippen molar-refractivity contribution in [2.24, 2.45) is 5.92 Å². The topological polar surface area (TPSA) is 73.6 Å². The maximum Gasteiger partial charge on any atom is 0.178 e. The molecule has 2 heterocycles. The lowest BCUT2D eigenvalue weighted by Gasteiger charge is -2.03. The second-order valence-corrected chi connectivity index (χ2v) is 4.61. The number of hydrogen-bond acceptors (Lipinski definition) is 5. The molecule has 6 nitrogen and oxygen atoms in total. The van der Waals surface area contributed by atoms with Crippen LogP contribution in [0.25, 0.3) is 5.82 Å². The summed E-state index contributed by atoms with van der Waals surface area (Å²) in [5.41, 5.74) is 1.05. The van der Waals surface area contributed by atoms with E-state index in [1.165, 1.54) is 0 Å². The summed E-state index contributed by atoms with van der Waals surface area (Å²) >= 11 is 0. The Morgan fingerprint density at radius 3 is 2.89 bits per heavy atom. The number of aromatic nitrogens is 5. The predicted molar refractivity (Wildman–Crippen MR) is 63.3 cm³/mol. The molecule has 0 aromatic carbocycles. The van der Waals surface area contributed by atoms with Crippen molar-refractivity contribution in [1.82, 2.24) is 25.0 Å².